The molecule has 3 aromatic rings. The van der Waals surface area contributed by atoms with Crippen molar-refractivity contribution < 1.29 is 14.3 Å². The molecule has 0 saturated heterocycles. The van der Waals surface area contributed by atoms with Crippen LogP contribution in [0.2, 0.25) is 0 Å². The summed E-state index contributed by atoms with van der Waals surface area (Å²) in [7, 11) is 3.47. The number of aromatic nitrogens is 1. The van der Waals surface area contributed by atoms with E-state index in [9.17, 15) is 4.79 Å². The van der Waals surface area contributed by atoms with Gasteiger partial charge in [0.2, 0.25) is 5.91 Å². The van der Waals surface area contributed by atoms with E-state index in [0.29, 0.717) is 12.3 Å². The van der Waals surface area contributed by atoms with Crippen LogP contribution in [0.25, 0.3) is 22.2 Å². The average molecular weight is 507 g/mol. The van der Waals surface area contributed by atoms with E-state index in [-0.39, 0.29) is 0 Å². The lowest BCUT2D eigenvalue weighted by Crippen LogP contribution is -2.30. The normalized spacial score (nSPS) is 11.2. The molecule has 202 valence electrons. The second-order valence-electron chi connectivity index (χ2n) is 9.92. The molecule has 0 radical (unpaired) electrons. The van der Waals surface area contributed by atoms with Gasteiger partial charge in [0, 0.05) is 41.7 Å². The van der Waals surface area contributed by atoms with Crippen molar-refractivity contribution in [3.05, 3.63) is 47.5 Å². The Morgan fingerprint density at radius 2 is 1.43 bits per heavy atom. The minimum Gasteiger partial charge on any atom is -0.497 e. The molecule has 1 heterocycles. The molecular weight excluding hydrogens is 460 g/mol. The van der Waals surface area contributed by atoms with Crippen molar-refractivity contribution in [3.63, 3.8) is 0 Å². The van der Waals surface area contributed by atoms with Crippen LogP contribution in [0.15, 0.2) is 36.4 Å². The van der Waals surface area contributed by atoms with Crippen molar-refractivity contribution in [2.75, 3.05) is 27.3 Å². The zero-order valence-corrected chi connectivity index (χ0v) is 23.6. The van der Waals surface area contributed by atoms with E-state index in [1.807, 2.05) is 17.0 Å². The van der Waals surface area contributed by atoms with Gasteiger partial charge in [-0.3, -0.25) is 4.79 Å². The molecule has 5 nitrogen and oxygen atoms in total. The molecule has 1 aromatic heterocycles. The molecule has 0 saturated carbocycles. The number of carbonyl (C=O) groups excluding carboxylic acids is 1. The third-order valence-electron chi connectivity index (χ3n) is 7.56. The molecule has 0 atom stereocenters. The van der Waals surface area contributed by atoms with Crippen molar-refractivity contribution in [2.24, 2.45) is 0 Å². The van der Waals surface area contributed by atoms with Gasteiger partial charge in [-0.15, -0.1) is 0 Å². The maximum absolute atomic E-state index is 12.1. The van der Waals surface area contributed by atoms with Gasteiger partial charge < -0.3 is 19.4 Å². The number of hydrogen-bond acceptors (Lipinski definition) is 3. The van der Waals surface area contributed by atoms with Crippen LogP contribution in [-0.4, -0.2) is 43.1 Å². The van der Waals surface area contributed by atoms with Crippen molar-refractivity contribution in [2.45, 2.75) is 85.0 Å². The first-order valence-electron chi connectivity index (χ1n) is 14.1. The van der Waals surface area contributed by atoms with Crippen LogP contribution in [0.3, 0.4) is 0 Å². The summed E-state index contributed by atoms with van der Waals surface area (Å²) in [5.41, 5.74) is 6.07. The number of rotatable bonds is 16. The molecule has 0 spiro atoms. The van der Waals surface area contributed by atoms with Gasteiger partial charge in [0.05, 0.1) is 14.2 Å². The van der Waals surface area contributed by atoms with E-state index < -0.39 is 0 Å². The quantitative estimate of drug-likeness (QED) is 0.200. The molecule has 0 aliphatic heterocycles. The first-order valence-corrected chi connectivity index (χ1v) is 14.1. The van der Waals surface area contributed by atoms with Crippen molar-refractivity contribution in [3.8, 4) is 22.8 Å². The first-order chi connectivity index (χ1) is 18.0. The molecule has 0 bridgehead atoms. The highest BCUT2D eigenvalue weighted by Crippen LogP contribution is 2.37. The number of unbranched alkanes of at least 4 members (excludes halogenated alkanes) is 7. The third kappa shape index (κ3) is 7.53. The number of fused-ring (bicyclic) bond motifs is 1. The number of H-pyrrole nitrogens is 1. The number of methoxy groups -OCH3 is 2. The van der Waals surface area contributed by atoms with Crippen LogP contribution in [0.1, 0.15) is 82.8 Å². The van der Waals surface area contributed by atoms with E-state index in [0.717, 1.165) is 61.5 Å². The van der Waals surface area contributed by atoms with Crippen molar-refractivity contribution >= 4 is 16.8 Å². The van der Waals surface area contributed by atoms with Crippen LogP contribution in [0.4, 0.5) is 0 Å². The topological polar surface area (TPSA) is 54.6 Å². The summed E-state index contributed by atoms with van der Waals surface area (Å²) in [6.07, 6.45) is 11.3. The summed E-state index contributed by atoms with van der Waals surface area (Å²) in [6.45, 7) is 7.96. The van der Waals surface area contributed by atoms with Gasteiger partial charge in [0.25, 0.3) is 0 Å². The zero-order chi connectivity index (χ0) is 26.6. The summed E-state index contributed by atoms with van der Waals surface area (Å²) < 4.78 is 11.1. The van der Waals surface area contributed by atoms with E-state index in [1.165, 1.54) is 54.1 Å². The molecule has 0 aliphatic rings. The monoisotopic (exact) mass is 506 g/mol. The molecule has 0 fully saturated rings. The molecule has 5 heteroatoms. The Hall–Kier alpha value is -2.95. The fraction of sp³-hybridized carbons (Fsp3) is 0.531. The smallest absolute Gasteiger partial charge is 0.222 e. The van der Waals surface area contributed by atoms with Gasteiger partial charge in [-0.2, -0.15) is 0 Å². The van der Waals surface area contributed by atoms with Crippen LogP contribution in [0, 0.1) is 6.92 Å². The zero-order valence-electron chi connectivity index (χ0n) is 23.6. The largest absolute Gasteiger partial charge is 0.497 e. The highest BCUT2D eigenvalue weighted by atomic mass is 16.5. The Balaban J connectivity index is 1.48. The maximum atomic E-state index is 12.1. The summed E-state index contributed by atoms with van der Waals surface area (Å²) in [5.74, 6) is 2.16. The van der Waals surface area contributed by atoms with E-state index in [1.54, 1.807) is 14.2 Å². The molecule has 0 unspecified atom stereocenters. The Bertz CT molecular complexity index is 1110. The lowest BCUT2D eigenvalue weighted by molar-refractivity contribution is -0.130. The molecular formula is C32H46N2O3. The number of hydrogen-bond donors (Lipinski definition) is 1. The number of amides is 1. The van der Waals surface area contributed by atoms with Crippen LogP contribution in [-0.2, 0) is 11.2 Å². The number of carbonyl (C=O) groups is 1. The number of ether oxygens (including phenoxy) is 2. The second kappa shape index (κ2) is 14.7. The fourth-order valence-electron chi connectivity index (χ4n) is 5.37. The van der Waals surface area contributed by atoms with Gasteiger partial charge in [0.15, 0.2) is 0 Å². The average Bonchev–Trinajstić information content (AvgIpc) is 3.26. The number of nitrogens with one attached hydrogen (secondary N) is 1. The Kier molecular flexibility index (Phi) is 11.4. The second-order valence-corrected chi connectivity index (χ2v) is 9.92. The Morgan fingerprint density at radius 1 is 0.811 bits per heavy atom. The summed E-state index contributed by atoms with van der Waals surface area (Å²) in [6, 6.07) is 12.5. The van der Waals surface area contributed by atoms with E-state index in [2.05, 4.69) is 50.0 Å². The van der Waals surface area contributed by atoms with E-state index in [4.69, 9.17) is 9.47 Å². The number of aryl methyl sites for hydroxylation is 2. The summed E-state index contributed by atoms with van der Waals surface area (Å²) >= 11 is 0. The maximum Gasteiger partial charge on any atom is 0.222 e. The summed E-state index contributed by atoms with van der Waals surface area (Å²) in [5, 5.41) is 1.30. The fourth-order valence-corrected chi connectivity index (χ4v) is 5.37. The Morgan fingerprint density at radius 3 is 2.03 bits per heavy atom. The predicted octanol–water partition coefficient (Wildman–Crippen LogP) is 8.08. The molecule has 37 heavy (non-hydrogen) atoms. The van der Waals surface area contributed by atoms with Gasteiger partial charge >= 0.3 is 0 Å². The van der Waals surface area contributed by atoms with Crippen molar-refractivity contribution in [1.82, 2.24) is 9.88 Å². The molecule has 3 rings (SSSR count). The Labute approximate surface area is 223 Å². The highest BCUT2D eigenvalue weighted by Gasteiger charge is 2.16. The van der Waals surface area contributed by atoms with E-state index >= 15 is 0 Å². The third-order valence-corrected chi connectivity index (χ3v) is 7.56. The lowest BCUT2D eigenvalue weighted by Gasteiger charge is -2.18. The minimum atomic E-state index is 0.309. The minimum absolute atomic E-state index is 0.309. The number of aromatic amines is 1. The van der Waals surface area contributed by atoms with Crippen molar-refractivity contribution in [1.29, 1.82) is 0 Å². The van der Waals surface area contributed by atoms with Gasteiger partial charge in [-0.05, 0) is 87.6 Å². The molecule has 1 N–H and O–H groups in total. The molecule has 1 amide bonds. The molecule has 0 aliphatic carbocycles. The lowest BCUT2D eigenvalue weighted by atomic mass is 9.97. The predicted molar refractivity (Wildman–Crippen MR) is 155 cm³/mol. The molecule has 2 aromatic carbocycles. The van der Waals surface area contributed by atoms with Crippen LogP contribution in [0.5, 0.6) is 11.5 Å². The van der Waals surface area contributed by atoms with Crippen LogP contribution < -0.4 is 9.47 Å². The summed E-state index contributed by atoms with van der Waals surface area (Å²) in [4.78, 5) is 17.7. The highest BCUT2D eigenvalue weighted by molar-refractivity contribution is 5.94. The number of nitrogens with zero attached hydrogens (tertiary/aromatic N) is 1. The SMILES string of the molecule is CCN(CC)C(=O)CCCCCCCCCCc1c(OC)ccc2[nH]c(-c3ccc(OC)cc3)c(C)c12. The van der Waals surface area contributed by atoms with Gasteiger partial charge in [-0.1, -0.05) is 38.5 Å². The number of benzene rings is 2. The van der Waals surface area contributed by atoms with Crippen LogP contribution >= 0.6 is 0 Å². The first kappa shape index (κ1) is 28.6. The standard InChI is InChI=1S/C32H46N2O3/c1-6-34(7-2)30(35)17-15-13-11-9-8-10-12-14-16-27-29(37-5)23-22-28-31(27)24(3)32(33-28)25-18-20-26(36-4)21-19-25/h18-23,33H,6-17H2,1-5H3. The van der Waals surface area contributed by atoms with Gasteiger partial charge in [0.1, 0.15) is 11.5 Å². The van der Waals surface area contributed by atoms with Gasteiger partial charge in [-0.25, -0.2) is 0 Å².